The van der Waals surface area contributed by atoms with E-state index < -0.39 is 0 Å². The minimum absolute atomic E-state index is 0.00991. The first-order chi connectivity index (χ1) is 22.4. The number of carbonyl (C=O) groups excluding carboxylic acids is 4. The fourth-order valence-electron chi connectivity index (χ4n) is 5.19. The zero-order valence-electron chi connectivity index (χ0n) is 28.2. The highest BCUT2D eigenvalue weighted by Crippen LogP contribution is 2.33. The van der Waals surface area contributed by atoms with Crippen LogP contribution in [0.5, 0.6) is 0 Å². The molecule has 2 rings (SSSR count). The summed E-state index contributed by atoms with van der Waals surface area (Å²) in [6.07, 6.45) is 8.17. The van der Waals surface area contributed by atoms with Gasteiger partial charge in [0.25, 0.3) is 0 Å². The smallest absolute Gasteiger partial charge is 0.315 e. The molecule has 0 aromatic carbocycles. The molecule has 5 amide bonds. The van der Waals surface area contributed by atoms with Crippen molar-refractivity contribution < 1.29 is 33.4 Å². The van der Waals surface area contributed by atoms with Crippen molar-refractivity contribution in [3.63, 3.8) is 0 Å². The summed E-state index contributed by atoms with van der Waals surface area (Å²) in [5.74, 6) is 1.01. The molecule has 2 saturated heterocycles. The Balaban J connectivity index is 1.24. The molecule has 0 aromatic rings. The normalized spacial score (nSPS) is 18.7. The van der Waals surface area contributed by atoms with Crippen LogP contribution >= 0.6 is 11.8 Å². The van der Waals surface area contributed by atoms with Crippen LogP contribution in [0.25, 0.3) is 0 Å². The number of thioether (sulfide) groups is 1. The van der Waals surface area contributed by atoms with E-state index in [4.69, 9.17) is 14.2 Å². The SMILES string of the molecule is CCN(C)CCCCNC(=O)CCCC(=O)NCCCOCCOCCOCCCNC(=O)CCCC[C@@H]1SC[C@@H]2NC(=O)N[C@@H]21. The van der Waals surface area contributed by atoms with Crippen molar-refractivity contribution in [1.29, 1.82) is 0 Å². The van der Waals surface area contributed by atoms with E-state index in [1.54, 1.807) is 0 Å². The predicted molar refractivity (Wildman–Crippen MR) is 181 cm³/mol. The molecule has 3 atom stereocenters. The Hall–Kier alpha value is -2.13. The lowest BCUT2D eigenvalue weighted by molar-refractivity contribution is -0.123. The van der Waals surface area contributed by atoms with E-state index in [0.717, 1.165) is 63.8 Å². The van der Waals surface area contributed by atoms with E-state index in [9.17, 15) is 19.2 Å². The van der Waals surface area contributed by atoms with Crippen LogP contribution in [0.2, 0.25) is 0 Å². The Kier molecular flexibility index (Phi) is 22.5. The van der Waals surface area contributed by atoms with Gasteiger partial charge in [-0.05, 0) is 65.1 Å². The maximum Gasteiger partial charge on any atom is 0.315 e. The first-order valence-electron chi connectivity index (χ1n) is 17.3. The van der Waals surface area contributed by atoms with Crippen molar-refractivity contribution in [2.75, 3.05) is 85.2 Å². The van der Waals surface area contributed by atoms with Gasteiger partial charge in [0.2, 0.25) is 17.7 Å². The molecular weight excluding hydrogens is 612 g/mol. The summed E-state index contributed by atoms with van der Waals surface area (Å²) in [6.45, 7) is 9.10. The highest BCUT2D eigenvalue weighted by molar-refractivity contribution is 8.00. The molecule has 0 radical (unpaired) electrons. The molecule has 0 aliphatic carbocycles. The highest BCUT2D eigenvalue weighted by Gasteiger charge is 2.42. The summed E-state index contributed by atoms with van der Waals surface area (Å²) in [6, 6.07) is 0.419. The van der Waals surface area contributed by atoms with Gasteiger partial charge in [0.1, 0.15) is 0 Å². The van der Waals surface area contributed by atoms with Gasteiger partial charge < -0.3 is 45.7 Å². The van der Waals surface area contributed by atoms with Crippen LogP contribution in [0.3, 0.4) is 0 Å². The molecule has 0 spiro atoms. The summed E-state index contributed by atoms with van der Waals surface area (Å²) >= 11 is 1.91. The lowest BCUT2D eigenvalue weighted by Crippen LogP contribution is -2.36. The number of hydrogen-bond acceptors (Lipinski definition) is 9. The second kappa shape index (κ2) is 25.9. The number of ether oxygens (including phenoxy) is 3. The molecule has 13 nitrogen and oxygen atoms in total. The Morgan fingerprint density at radius 3 is 1.87 bits per heavy atom. The molecule has 0 unspecified atom stereocenters. The van der Waals surface area contributed by atoms with Gasteiger partial charge in [-0.25, -0.2) is 4.79 Å². The van der Waals surface area contributed by atoms with E-state index in [1.165, 1.54) is 0 Å². The number of amides is 5. The van der Waals surface area contributed by atoms with Crippen molar-refractivity contribution >= 4 is 35.5 Å². The van der Waals surface area contributed by atoms with Crippen LogP contribution in [0.4, 0.5) is 4.79 Å². The molecule has 14 heteroatoms. The topological polar surface area (TPSA) is 159 Å². The number of unbranched alkanes of at least 4 members (excludes halogenated alkanes) is 2. The van der Waals surface area contributed by atoms with Gasteiger partial charge in [0.15, 0.2) is 0 Å². The van der Waals surface area contributed by atoms with E-state index in [1.807, 2.05) is 11.8 Å². The number of hydrogen-bond donors (Lipinski definition) is 5. The molecular formula is C32H60N6O7S. The van der Waals surface area contributed by atoms with Gasteiger partial charge in [-0.15, -0.1) is 0 Å². The maximum absolute atomic E-state index is 12.0. The van der Waals surface area contributed by atoms with E-state index in [-0.39, 0.29) is 35.8 Å². The van der Waals surface area contributed by atoms with Crippen molar-refractivity contribution in [2.24, 2.45) is 0 Å². The van der Waals surface area contributed by atoms with Gasteiger partial charge in [0.05, 0.1) is 38.5 Å². The average Bonchev–Trinajstić information content (AvgIpc) is 3.59. The van der Waals surface area contributed by atoms with Crippen LogP contribution in [0, 0.1) is 0 Å². The highest BCUT2D eigenvalue weighted by atomic mass is 32.2. The van der Waals surface area contributed by atoms with Gasteiger partial charge in [-0.3, -0.25) is 14.4 Å². The molecule has 2 aliphatic rings. The minimum Gasteiger partial charge on any atom is -0.379 e. The molecule has 2 fully saturated rings. The van der Waals surface area contributed by atoms with Gasteiger partial charge in [0, 0.05) is 63.1 Å². The first-order valence-corrected chi connectivity index (χ1v) is 18.3. The van der Waals surface area contributed by atoms with E-state index >= 15 is 0 Å². The predicted octanol–water partition coefficient (Wildman–Crippen LogP) is 1.79. The largest absolute Gasteiger partial charge is 0.379 e. The summed E-state index contributed by atoms with van der Waals surface area (Å²) in [5, 5.41) is 15.1. The fourth-order valence-corrected chi connectivity index (χ4v) is 6.73. The van der Waals surface area contributed by atoms with E-state index in [2.05, 4.69) is 45.5 Å². The Labute approximate surface area is 280 Å². The van der Waals surface area contributed by atoms with Crippen LogP contribution in [0.15, 0.2) is 0 Å². The molecule has 0 aromatic heterocycles. The standard InChI is InChI=1S/C32H60N6O7S/c1-3-38(2)18-7-6-15-33-29(40)13-8-14-30(41)35-17-10-20-44-22-24-45-23-21-43-19-9-16-34-28(39)12-5-4-11-27-31-26(25-46-27)36-32(42)37-31/h26-27,31H,3-25H2,1-2H3,(H,33,40)(H,34,39)(H,35,41)(H2,36,37,42)/t26-,27-,31-/m0/s1. The Bertz CT molecular complexity index is 871. The third-order valence-corrected chi connectivity index (χ3v) is 9.54. The van der Waals surface area contributed by atoms with E-state index in [0.29, 0.717) is 90.2 Å². The van der Waals surface area contributed by atoms with Crippen LogP contribution < -0.4 is 26.6 Å². The monoisotopic (exact) mass is 672 g/mol. The van der Waals surface area contributed by atoms with Gasteiger partial charge >= 0.3 is 6.03 Å². The third kappa shape index (κ3) is 19.5. The molecule has 2 heterocycles. The molecule has 2 aliphatic heterocycles. The maximum atomic E-state index is 12.0. The molecule has 5 N–H and O–H groups in total. The number of urea groups is 1. The van der Waals surface area contributed by atoms with Crippen molar-refractivity contribution in [2.45, 2.75) is 94.9 Å². The van der Waals surface area contributed by atoms with Gasteiger partial charge in [-0.2, -0.15) is 11.8 Å². The number of nitrogens with one attached hydrogen (secondary N) is 5. The summed E-state index contributed by atoms with van der Waals surface area (Å²) in [7, 11) is 2.09. The van der Waals surface area contributed by atoms with Crippen LogP contribution in [-0.2, 0) is 28.6 Å². The Morgan fingerprint density at radius 2 is 1.28 bits per heavy atom. The Morgan fingerprint density at radius 1 is 0.739 bits per heavy atom. The van der Waals surface area contributed by atoms with Crippen LogP contribution in [0.1, 0.15) is 77.6 Å². The molecule has 266 valence electrons. The van der Waals surface area contributed by atoms with Crippen molar-refractivity contribution in [1.82, 2.24) is 31.5 Å². The minimum atomic E-state index is -0.0579. The molecule has 46 heavy (non-hydrogen) atoms. The summed E-state index contributed by atoms with van der Waals surface area (Å²) < 4.78 is 16.6. The quantitative estimate of drug-likeness (QED) is 0.0590. The zero-order valence-corrected chi connectivity index (χ0v) is 29.0. The fraction of sp³-hybridized carbons (Fsp3) is 0.875. The summed E-state index contributed by atoms with van der Waals surface area (Å²) in [5.41, 5.74) is 0. The lowest BCUT2D eigenvalue weighted by atomic mass is 10.0. The third-order valence-electron chi connectivity index (χ3n) is 8.04. The number of carbonyl (C=O) groups is 4. The summed E-state index contributed by atoms with van der Waals surface area (Å²) in [4.78, 5) is 49.6. The van der Waals surface area contributed by atoms with Crippen molar-refractivity contribution in [3.05, 3.63) is 0 Å². The molecule has 0 bridgehead atoms. The number of rotatable bonds is 29. The molecule has 0 saturated carbocycles. The second-order valence-electron chi connectivity index (χ2n) is 11.9. The van der Waals surface area contributed by atoms with Crippen molar-refractivity contribution in [3.8, 4) is 0 Å². The van der Waals surface area contributed by atoms with Crippen LogP contribution in [-0.4, -0.2) is 131 Å². The number of nitrogens with zero attached hydrogens (tertiary/aromatic N) is 1. The second-order valence-corrected chi connectivity index (χ2v) is 13.2. The number of fused-ring (bicyclic) bond motifs is 1. The van der Waals surface area contributed by atoms with Gasteiger partial charge in [-0.1, -0.05) is 13.3 Å². The lowest BCUT2D eigenvalue weighted by Gasteiger charge is -2.16. The zero-order chi connectivity index (χ0) is 33.2. The average molecular weight is 673 g/mol. The first kappa shape index (κ1) is 40.0.